The van der Waals surface area contributed by atoms with Crippen LogP contribution in [-0.4, -0.2) is 31.5 Å². The van der Waals surface area contributed by atoms with Crippen LogP contribution in [0.2, 0.25) is 0 Å². The van der Waals surface area contributed by atoms with E-state index in [-0.39, 0.29) is 10.9 Å². The number of nitrogens with two attached hydrogens (primary N) is 1. The molecule has 3 N–H and O–H groups in total. The van der Waals surface area contributed by atoms with Crippen molar-refractivity contribution in [2.45, 2.75) is 36.7 Å². The Hall–Kier alpha value is -1.18. The van der Waals surface area contributed by atoms with Crippen LogP contribution in [0.3, 0.4) is 0 Å². The zero-order chi connectivity index (χ0) is 14.9. The van der Waals surface area contributed by atoms with Crippen molar-refractivity contribution in [2.75, 3.05) is 7.05 Å². The molecule has 0 saturated heterocycles. The second kappa shape index (κ2) is 5.67. The average molecular weight is 313 g/mol. The summed E-state index contributed by atoms with van der Waals surface area (Å²) in [6.45, 7) is 2.02. The molecule has 5 nitrogen and oxygen atoms in total. The molecule has 0 heterocycles. The van der Waals surface area contributed by atoms with Crippen molar-refractivity contribution < 1.29 is 8.42 Å². The molecule has 1 fully saturated rings. The number of hydrogen-bond donors (Lipinski definition) is 2. The van der Waals surface area contributed by atoms with Gasteiger partial charge in [0.25, 0.3) is 0 Å². The first kappa shape index (κ1) is 15.2. The number of hydrogen-bond acceptors (Lipinski definition) is 3. The summed E-state index contributed by atoms with van der Waals surface area (Å²) < 4.78 is 22.4. The van der Waals surface area contributed by atoms with Crippen LogP contribution in [0.5, 0.6) is 0 Å². The van der Waals surface area contributed by atoms with Crippen molar-refractivity contribution in [3.8, 4) is 0 Å². The van der Waals surface area contributed by atoms with E-state index in [1.54, 1.807) is 12.1 Å². The summed E-state index contributed by atoms with van der Waals surface area (Å²) in [6.07, 6.45) is 2.34. The third-order valence-electron chi connectivity index (χ3n) is 3.50. The van der Waals surface area contributed by atoms with Crippen molar-refractivity contribution in [1.82, 2.24) is 10.2 Å². The lowest BCUT2D eigenvalue weighted by atomic mass is 10.1. The number of nitrogens with zero attached hydrogens (tertiary/aromatic N) is 1. The highest BCUT2D eigenvalue weighted by Gasteiger charge is 2.24. The van der Waals surface area contributed by atoms with Gasteiger partial charge < -0.3 is 10.2 Å². The van der Waals surface area contributed by atoms with Crippen molar-refractivity contribution in [1.29, 1.82) is 0 Å². The van der Waals surface area contributed by atoms with Crippen LogP contribution in [0.1, 0.15) is 31.4 Å². The quantitative estimate of drug-likeness (QED) is 0.821. The minimum absolute atomic E-state index is 0.0586. The van der Waals surface area contributed by atoms with Gasteiger partial charge in [-0.2, -0.15) is 0 Å². The number of thiocarbonyl (C=S) groups is 1. The molecule has 1 atom stereocenters. The Morgan fingerprint density at radius 2 is 1.95 bits per heavy atom. The lowest BCUT2D eigenvalue weighted by Gasteiger charge is -2.28. The van der Waals surface area contributed by atoms with E-state index >= 15 is 0 Å². The monoisotopic (exact) mass is 313 g/mol. The van der Waals surface area contributed by atoms with Gasteiger partial charge in [0.05, 0.1) is 10.9 Å². The van der Waals surface area contributed by atoms with Gasteiger partial charge in [0.15, 0.2) is 5.11 Å². The van der Waals surface area contributed by atoms with Crippen LogP contribution in [0, 0.1) is 0 Å². The van der Waals surface area contributed by atoms with Crippen molar-refractivity contribution in [2.24, 2.45) is 5.14 Å². The summed E-state index contributed by atoms with van der Waals surface area (Å²) in [7, 11) is -1.71. The van der Waals surface area contributed by atoms with E-state index in [1.165, 1.54) is 25.0 Å². The fourth-order valence-electron chi connectivity index (χ4n) is 1.84. The van der Waals surface area contributed by atoms with E-state index in [2.05, 4.69) is 5.32 Å². The Morgan fingerprint density at radius 1 is 1.40 bits per heavy atom. The smallest absolute Gasteiger partial charge is 0.238 e. The number of primary sulfonamides is 1. The zero-order valence-electron chi connectivity index (χ0n) is 11.5. The lowest BCUT2D eigenvalue weighted by molar-refractivity contribution is 0.395. The summed E-state index contributed by atoms with van der Waals surface area (Å²) in [6, 6.07) is 7.14. The van der Waals surface area contributed by atoms with Gasteiger partial charge in [0, 0.05) is 13.1 Å². The van der Waals surface area contributed by atoms with Crippen LogP contribution < -0.4 is 10.5 Å². The maximum atomic E-state index is 11.2. The van der Waals surface area contributed by atoms with E-state index in [0.29, 0.717) is 6.04 Å². The molecular weight excluding hydrogens is 294 g/mol. The lowest BCUT2D eigenvalue weighted by Crippen LogP contribution is -2.39. The molecule has 1 aliphatic rings. The maximum Gasteiger partial charge on any atom is 0.238 e. The second-order valence-electron chi connectivity index (χ2n) is 5.12. The highest BCUT2D eigenvalue weighted by atomic mass is 32.2. The van der Waals surface area contributed by atoms with Gasteiger partial charge in [-0.15, -0.1) is 0 Å². The minimum Gasteiger partial charge on any atom is -0.360 e. The van der Waals surface area contributed by atoms with E-state index in [9.17, 15) is 8.42 Å². The maximum absolute atomic E-state index is 11.2. The molecule has 0 aromatic heterocycles. The normalized spacial score (nSPS) is 16.6. The summed E-state index contributed by atoms with van der Waals surface area (Å²) in [5, 5.41) is 9.08. The topological polar surface area (TPSA) is 75.4 Å². The number of nitrogens with one attached hydrogen (secondary N) is 1. The Bertz CT molecular complexity index is 595. The predicted octanol–water partition coefficient (Wildman–Crippen LogP) is 1.36. The Labute approximate surface area is 125 Å². The van der Waals surface area contributed by atoms with Crippen LogP contribution in [0.25, 0.3) is 0 Å². The predicted molar refractivity (Wildman–Crippen MR) is 82.7 cm³/mol. The third kappa shape index (κ3) is 3.68. The SMILES string of the molecule is CC(c1ccc(S(N)(=O)=O)cc1)N(C)C(=S)NC1CC1. The van der Waals surface area contributed by atoms with Gasteiger partial charge in [-0.1, -0.05) is 12.1 Å². The van der Waals surface area contributed by atoms with Crippen molar-refractivity contribution in [3.63, 3.8) is 0 Å². The van der Waals surface area contributed by atoms with E-state index in [1.807, 2.05) is 18.9 Å². The highest BCUT2D eigenvalue weighted by molar-refractivity contribution is 7.89. The van der Waals surface area contributed by atoms with Gasteiger partial charge in [-0.05, 0) is 49.7 Å². The molecule has 0 amide bonds. The molecular formula is C13H19N3O2S2. The van der Waals surface area contributed by atoms with E-state index in [0.717, 1.165) is 10.7 Å². The molecule has 0 bridgehead atoms. The second-order valence-corrected chi connectivity index (χ2v) is 7.07. The molecule has 0 spiro atoms. The average Bonchev–Trinajstić information content (AvgIpc) is 3.20. The standard InChI is InChI=1S/C13H19N3O2S2/c1-9(16(2)13(19)15-11-5-6-11)10-3-7-12(8-4-10)20(14,17)18/h3-4,7-9,11H,5-6H2,1-2H3,(H,15,19)(H2,14,17,18). The first-order valence-electron chi connectivity index (χ1n) is 6.45. The number of benzene rings is 1. The van der Waals surface area contributed by atoms with Gasteiger partial charge in [-0.3, -0.25) is 0 Å². The van der Waals surface area contributed by atoms with E-state index in [4.69, 9.17) is 17.4 Å². The van der Waals surface area contributed by atoms with Gasteiger partial charge in [0.2, 0.25) is 10.0 Å². The summed E-state index contributed by atoms with van der Waals surface area (Å²) >= 11 is 5.35. The largest absolute Gasteiger partial charge is 0.360 e. The Balaban J connectivity index is 2.07. The Kier molecular flexibility index (Phi) is 4.31. The van der Waals surface area contributed by atoms with Gasteiger partial charge >= 0.3 is 0 Å². The molecule has 1 aromatic carbocycles. The molecule has 2 rings (SSSR count). The van der Waals surface area contributed by atoms with Crippen LogP contribution in [0.15, 0.2) is 29.2 Å². The first-order valence-corrected chi connectivity index (χ1v) is 8.40. The summed E-state index contributed by atoms with van der Waals surface area (Å²) in [5.74, 6) is 0. The third-order valence-corrected chi connectivity index (χ3v) is 4.83. The first-order chi connectivity index (χ1) is 9.29. The van der Waals surface area contributed by atoms with Crippen molar-refractivity contribution >= 4 is 27.4 Å². The molecule has 1 aromatic rings. The minimum atomic E-state index is -3.64. The molecule has 1 saturated carbocycles. The molecule has 1 unspecified atom stereocenters. The molecule has 20 heavy (non-hydrogen) atoms. The number of rotatable bonds is 4. The summed E-state index contributed by atoms with van der Waals surface area (Å²) in [4.78, 5) is 2.09. The molecule has 0 aliphatic heterocycles. The number of sulfonamides is 1. The summed E-state index contributed by atoms with van der Waals surface area (Å²) in [5.41, 5.74) is 0.986. The Morgan fingerprint density at radius 3 is 2.40 bits per heavy atom. The fraction of sp³-hybridized carbons (Fsp3) is 0.462. The molecule has 1 aliphatic carbocycles. The molecule has 7 heteroatoms. The van der Waals surface area contributed by atoms with Crippen molar-refractivity contribution in [3.05, 3.63) is 29.8 Å². The van der Waals surface area contributed by atoms with E-state index < -0.39 is 10.0 Å². The van der Waals surface area contributed by atoms with Crippen LogP contribution in [0.4, 0.5) is 0 Å². The van der Waals surface area contributed by atoms with Gasteiger partial charge in [-0.25, -0.2) is 13.6 Å². The molecule has 0 radical (unpaired) electrons. The fourth-order valence-corrected chi connectivity index (χ4v) is 2.68. The zero-order valence-corrected chi connectivity index (χ0v) is 13.2. The highest BCUT2D eigenvalue weighted by Crippen LogP contribution is 2.23. The van der Waals surface area contributed by atoms with Crippen LogP contribution in [-0.2, 0) is 10.0 Å². The van der Waals surface area contributed by atoms with Gasteiger partial charge in [0.1, 0.15) is 0 Å². The van der Waals surface area contributed by atoms with Crippen LogP contribution >= 0.6 is 12.2 Å². The molecule has 110 valence electrons.